The lowest BCUT2D eigenvalue weighted by molar-refractivity contribution is 0.0705. The first-order chi connectivity index (χ1) is 14.8. The molecule has 0 heterocycles. The Hall–Kier alpha value is -3.16. The molecule has 6 nitrogen and oxygen atoms in total. The summed E-state index contributed by atoms with van der Waals surface area (Å²) in [5.74, 6) is -0.411. The molecule has 31 heavy (non-hydrogen) atoms. The lowest BCUT2D eigenvalue weighted by Crippen LogP contribution is -2.32. The molecule has 0 unspecified atom stereocenters. The van der Waals surface area contributed by atoms with Crippen molar-refractivity contribution in [3.05, 3.63) is 95.1 Å². The number of rotatable bonds is 7. The van der Waals surface area contributed by atoms with E-state index < -0.39 is 15.9 Å². The summed E-state index contributed by atoms with van der Waals surface area (Å²) in [6.45, 7) is 5.86. The Morgan fingerprint density at radius 1 is 0.968 bits per heavy atom. The third-order valence-corrected chi connectivity index (χ3v) is 7.00. The number of hydroxylamine groups is 1. The van der Waals surface area contributed by atoms with E-state index >= 15 is 0 Å². The summed E-state index contributed by atoms with van der Waals surface area (Å²) in [7, 11) is -3.93. The molecule has 0 saturated carbocycles. The molecule has 0 aromatic heterocycles. The summed E-state index contributed by atoms with van der Waals surface area (Å²) >= 11 is 0. The van der Waals surface area contributed by atoms with Gasteiger partial charge in [0.25, 0.3) is 15.9 Å². The summed E-state index contributed by atoms with van der Waals surface area (Å²) in [6.07, 6.45) is 0. The number of nitrogens with zero attached hydrogens (tertiary/aromatic N) is 1. The highest BCUT2D eigenvalue weighted by Crippen LogP contribution is 2.31. The van der Waals surface area contributed by atoms with Gasteiger partial charge < -0.3 is 0 Å². The Kier molecular flexibility index (Phi) is 6.77. The van der Waals surface area contributed by atoms with Gasteiger partial charge in [-0.05, 0) is 53.8 Å². The number of sulfonamides is 1. The molecule has 0 radical (unpaired) electrons. The highest BCUT2D eigenvalue weighted by atomic mass is 32.2. The number of carbonyl (C=O) groups excluding carboxylic acids is 1. The van der Waals surface area contributed by atoms with Gasteiger partial charge >= 0.3 is 0 Å². The molecule has 0 bridgehead atoms. The van der Waals surface area contributed by atoms with Crippen molar-refractivity contribution in [2.24, 2.45) is 0 Å². The van der Waals surface area contributed by atoms with Crippen molar-refractivity contribution in [3.8, 4) is 0 Å². The zero-order chi connectivity index (χ0) is 22.6. The van der Waals surface area contributed by atoms with Crippen LogP contribution in [-0.4, -0.2) is 19.5 Å². The largest absolute Gasteiger partial charge is 0.288 e. The van der Waals surface area contributed by atoms with E-state index in [0.717, 1.165) is 11.1 Å². The van der Waals surface area contributed by atoms with Crippen LogP contribution in [0.1, 0.15) is 46.8 Å². The molecule has 2 N–H and O–H groups in total. The van der Waals surface area contributed by atoms with Gasteiger partial charge in [0.05, 0.1) is 17.1 Å². The van der Waals surface area contributed by atoms with Gasteiger partial charge in [-0.3, -0.25) is 14.3 Å². The van der Waals surface area contributed by atoms with E-state index in [4.69, 9.17) is 5.21 Å². The van der Waals surface area contributed by atoms with Crippen molar-refractivity contribution in [1.29, 1.82) is 0 Å². The second-order valence-corrected chi connectivity index (χ2v) is 9.47. The van der Waals surface area contributed by atoms with Crippen LogP contribution in [0.15, 0.2) is 77.7 Å². The van der Waals surface area contributed by atoms with Gasteiger partial charge in [0.2, 0.25) is 0 Å². The third kappa shape index (κ3) is 4.78. The second kappa shape index (κ2) is 9.32. The predicted molar refractivity (Wildman–Crippen MR) is 121 cm³/mol. The number of benzene rings is 3. The Labute approximate surface area is 183 Å². The van der Waals surface area contributed by atoms with Gasteiger partial charge in [-0.2, -0.15) is 0 Å². The van der Waals surface area contributed by atoms with E-state index in [1.807, 2.05) is 56.3 Å². The topological polar surface area (TPSA) is 86.7 Å². The summed E-state index contributed by atoms with van der Waals surface area (Å²) < 4.78 is 28.7. The normalized spacial score (nSPS) is 11.4. The molecule has 0 atom stereocenters. The zero-order valence-corrected chi connectivity index (χ0v) is 18.6. The number of nitrogens with one attached hydrogen (secondary N) is 1. The minimum Gasteiger partial charge on any atom is -0.288 e. The van der Waals surface area contributed by atoms with Crippen LogP contribution in [-0.2, 0) is 16.6 Å². The Bertz CT molecular complexity index is 1160. The van der Waals surface area contributed by atoms with E-state index in [0.29, 0.717) is 11.3 Å². The molecule has 0 aliphatic rings. The zero-order valence-electron chi connectivity index (χ0n) is 17.7. The van der Waals surface area contributed by atoms with Crippen LogP contribution in [0.4, 0.5) is 5.69 Å². The van der Waals surface area contributed by atoms with E-state index in [9.17, 15) is 13.2 Å². The molecule has 7 heteroatoms. The maximum Gasteiger partial charge on any atom is 0.274 e. The van der Waals surface area contributed by atoms with Crippen molar-refractivity contribution in [1.82, 2.24) is 5.48 Å². The van der Waals surface area contributed by atoms with Gasteiger partial charge in [-0.25, -0.2) is 13.9 Å². The van der Waals surface area contributed by atoms with Crippen LogP contribution in [0.5, 0.6) is 0 Å². The predicted octanol–water partition coefficient (Wildman–Crippen LogP) is 4.63. The first-order valence-corrected chi connectivity index (χ1v) is 11.4. The molecule has 0 spiro atoms. The summed E-state index contributed by atoms with van der Waals surface area (Å²) in [5, 5.41) is 9.05. The fourth-order valence-corrected chi connectivity index (χ4v) is 4.91. The van der Waals surface area contributed by atoms with Gasteiger partial charge in [-0.1, -0.05) is 62.4 Å². The molecule has 3 rings (SSSR count). The maximum absolute atomic E-state index is 13.7. The lowest BCUT2D eigenvalue weighted by atomic mass is 10.0. The second-order valence-electron chi connectivity index (χ2n) is 7.61. The van der Waals surface area contributed by atoms with Crippen LogP contribution in [0.2, 0.25) is 0 Å². The van der Waals surface area contributed by atoms with E-state index in [1.54, 1.807) is 36.7 Å². The molecule has 0 saturated heterocycles. The molecule has 0 fully saturated rings. The molecular weight excluding hydrogens is 412 g/mol. The van der Waals surface area contributed by atoms with Crippen LogP contribution in [0, 0.1) is 6.92 Å². The molecule has 3 aromatic carbocycles. The van der Waals surface area contributed by atoms with Crippen molar-refractivity contribution in [2.45, 2.75) is 38.1 Å². The molecule has 3 aromatic rings. The molecule has 1 amide bonds. The standard InChI is InChI=1S/C24H26N2O4S/c1-17(2)20-12-14-21(15-13-20)31(29,30)26(16-19-8-5-4-6-9-19)23-11-7-10-22(18(23)3)24(27)25-28/h4-15,17,28H,16H2,1-3H3,(H,25,27). The van der Waals surface area contributed by atoms with Crippen LogP contribution in [0.3, 0.4) is 0 Å². The van der Waals surface area contributed by atoms with E-state index in [-0.39, 0.29) is 22.9 Å². The number of carbonyl (C=O) groups is 1. The highest BCUT2D eigenvalue weighted by Gasteiger charge is 2.28. The fraction of sp³-hybridized carbons (Fsp3) is 0.208. The van der Waals surface area contributed by atoms with Crippen molar-refractivity contribution in [2.75, 3.05) is 4.31 Å². The number of anilines is 1. The minimum atomic E-state index is -3.93. The van der Waals surface area contributed by atoms with Crippen LogP contribution >= 0.6 is 0 Å². The van der Waals surface area contributed by atoms with Gasteiger partial charge in [0.1, 0.15) is 0 Å². The smallest absolute Gasteiger partial charge is 0.274 e. The number of amides is 1. The Balaban J connectivity index is 2.14. The quantitative estimate of drug-likeness (QED) is 0.416. The minimum absolute atomic E-state index is 0.0974. The van der Waals surface area contributed by atoms with Crippen molar-refractivity contribution < 1.29 is 18.4 Å². The van der Waals surface area contributed by atoms with Gasteiger partial charge in [0.15, 0.2) is 0 Å². The summed E-state index contributed by atoms with van der Waals surface area (Å²) in [6, 6.07) is 20.9. The monoisotopic (exact) mass is 438 g/mol. The fourth-order valence-electron chi connectivity index (χ4n) is 3.40. The van der Waals surface area contributed by atoms with E-state index in [1.165, 1.54) is 10.4 Å². The summed E-state index contributed by atoms with van der Waals surface area (Å²) in [4.78, 5) is 12.2. The van der Waals surface area contributed by atoms with Gasteiger partial charge in [-0.15, -0.1) is 0 Å². The van der Waals surface area contributed by atoms with Crippen molar-refractivity contribution >= 4 is 21.6 Å². The average molecular weight is 439 g/mol. The SMILES string of the molecule is Cc1c(C(=O)NO)cccc1N(Cc1ccccc1)S(=O)(=O)c1ccc(C(C)C)cc1. The molecule has 162 valence electrons. The maximum atomic E-state index is 13.7. The number of hydrogen-bond acceptors (Lipinski definition) is 4. The van der Waals surface area contributed by atoms with Crippen molar-refractivity contribution in [3.63, 3.8) is 0 Å². The highest BCUT2D eigenvalue weighted by molar-refractivity contribution is 7.92. The van der Waals surface area contributed by atoms with E-state index in [2.05, 4.69) is 0 Å². The Morgan fingerprint density at radius 2 is 1.61 bits per heavy atom. The van der Waals surface area contributed by atoms with Gasteiger partial charge in [0, 0.05) is 5.56 Å². The average Bonchev–Trinajstić information content (AvgIpc) is 2.78. The molecule has 0 aliphatic carbocycles. The first-order valence-electron chi connectivity index (χ1n) is 9.96. The molecule has 0 aliphatic heterocycles. The summed E-state index contributed by atoms with van der Waals surface area (Å²) in [5.41, 5.74) is 4.49. The Morgan fingerprint density at radius 3 is 2.19 bits per heavy atom. The molecular formula is C24H26N2O4S. The van der Waals surface area contributed by atoms with Crippen LogP contribution < -0.4 is 9.79 Å². The first kappa shape index (κ1) is 22.5. The lowest BCUT2D eigenvalue weighted by Gasteiger charge is -2.27. The number of hydrogen-bond donors (Lipinski definition) is 2. The third-order valence-electron chi connectivity index (χ3n) is 5.22. The van der Waals surface area contributed by atoms with Crippen LogP contribution in [0.25, 0.3) is 0 Å².